The van der Waals surface area contributed by atoms with Crippen molar-refractivity contribution < 1.29 is 92.8 Å². The lowest BCUT2D eigenvalue weighted by atomic mass is 9.95. The van der Waals surface area contributed by atoms with E-state index in [0.29, 0.717) is 0 Å². The first-order valence-corrected chi connectivity index (χ1v) is 15.8. The SMILES string of the molecule is CC(=O)O[C@@H]1[C@@H](OC(C)=O)[C@H](C)O[C@@H](OC[C@H]2O[C@@H](Oc3c(-c4ccc(O)c(O)c4)oc4cc(O)cc(O)c4c3=O)[C@H](O)[C@@H](O)C2(O)O)[C@@H]1OC(C)=O. The Kier molecular flexibility index (Phi) is 11.1. The summed E-state index contributed by atoms with van der Waals surface area (Å²) in [5, 5.41) is 83.3. The van der Waals surface area contributed by atoms with Crippen molar-refractivity contribution in [3.63, 3.8) is 0 Å². The van der Waals surface area contributed by atoms with E-state index in [1.807, 2.05) is 0 Å². The fraction of sp³-hybridized carbons (Fsp3) is 0.455. The molecule has 0 saturated carbocycles. The van der Waals surface area contributed by atoms with E-state index in [2.05, 4.69) is 0 Å². The summed E-state index contributed by atoms with van der Waals surface area (Å²) in [7, 11) is 0. The Hall–Kier alpha value is -5.22. The van der Waals surface area contributed by atoms with E-state index < -0.39 is 131 Å². The van der Waals surface area contributed by atoms with Crippen LogP contribution in [-0.4, -0.2) is 126 Å². The zero-order chi connectivity index (χ0) is 39.1. The van der Waals surface area contributed by atoms with Crippen molar-refractivity contribution in [2.45, 2.75) is 88.8 Å². The Morgan fingerprint density at radius 2 is 1.42 bits per heavy atom. The molecule has 20 nitrogen and oxygen atoms in total. The smallest absolute Gasteiger partial charge is 0.303 e. The van der Waals surface area contributed by atoms with Crippen molar-refractivity contribution in [3.8, 4) is 40.1 Å². The molecule has 288 valence electrons. The lowest BCUT2D eigenvalue weighted by molar-refractivity contribution is -0.385. The average molecular weight is 753 g/mol. The van der Waals surface area contributed by atoms with Crippen LogP contribution in [0, 0.1) is 0 Å². The molecule has 0 unspecified atom stereocenters. The minimum Gasteiger partial charge on any atom is -0.508 e. The highest BCUT2D eigenvalue weighted by atomic mass is 16.8. The van der Waals surface area contributed by atoms with Gasteiger partial charge < -0.3 is 78.4 Å². The van der Waals surface area contributed by atoms with Gasteiger partial charge in [0, 0.05) is 38.5 Å². The van der Waals surface area contributed by atoms with Crippen molar-refractivity contribution in [1.29, 1.82) is 0 Å². The third kappa shape index (κ3) is 7.93. The number of ether oxygens (including phenoxy) is 7. The van der Waals surface area contributed by atoms with Crippen LogP contribution in [0.2, 0.25) is 0 Å². The van der Waals surface area contributed by atoms with Crippen LogP contribution in [0.15, 0.2) is 39.5 Å². The van der Waals surface area contributed by atoms with E-state index in [1.165, 1.54) is 13.0 Å². The van der Waals surface area contributed by atoms with Crippen molar-refractivity contribution in [3.05, 3.63) is 40.6 Å². The minimum absolute atomic E-state index is 0.115. The highest BCUT2D eigenvalue weighted by Gasteiger charge is 2.57. The molecule has 9 atom stereocenters. The number of hydrogen-bond acceptors (Lipinski definition) is 20. The fourth-order valence-electron chi connectivity index (χ4n) is 5.83. The number of carbonyl (C=O) groups excluding carboxylic acids is 3. The second-order valence-electron chi connectivity index (χ2n) is 12.2. The number of rotatable bonds is 9. The van der Waals surface area contributed by atoms with Gasteiger partial charge in [-0.05, 0) is 25.1 Å². The first-order valence-electron chi connectivity index (χ1n) is 15.8. The summed E-state index contributed by atoms with van der Waals surface area (Å²) in [4.78, 5) is 49.7. The molecule has 8 N–H and O–H groups in total. The molecule has 2 aliphatic heterocycles. The van der Waals surface area contributed by atoms with Gasteiger partial charge in [-0.3, -0.25) is 19.2 Å². The molecule has 0 radical (unpaired) electrons. The number of aromatic hydroxyl groups is 4. The van der Waals surface area contributed by atoms with E-state index in [1.54, 1.807) is 0 Å². The lowest BCUT2D eigenvalue weighted by Crippen LogP contribution is -2.68. The van der Waals surface area contributed by atoms with Crippen LogP contribution in [0.4, 0.5) is 0 Å². The van der Waals surface area contributed by atoms with Gasteiger partial charge in [-0.2, -0.15) is 0 Å². The molecule has 0 amide bonds. The Bertz CT molecular complexity index is 1940. The molecule has 5 rings (SSSR count). The number of aliphatic hydroxyl groups excluding tert-OH is 2. The van der Waals surface area contributed by atoms with Crippen molar-refractivity contribution >= 4 is 28.9 Å². The number of benzene rings is 2. The van der Waals surface area contributed by atoms with Gasteiger partial charge in [-0.25, -0.2) is 0 Å². The summed E-state index contributed by atoms with van der Waals surface area (Å²) >= 11 is 0. The van der Waals surface area contributed by atoms with E-state index in [0.717, 1.165) is 45.0 Å². The molecule has 20 heteroatoms. The molecular formula is C33H36O20. The topological polar surface area (TPSA) is 308 Å². The maximum absolute atomic E-state index is 13.8. The second kappa shape index (κ2) is 15.0. The molecule has 53 heavy (non-hydrogen) atoms. The molecule has 2 aromatic carbocycles. The molecule has 0 aliphatic carbocycles. The quantitative estimate of drug-likeness (QED) is 0.0582. The molecule has 2 aliphatic rings. The highest BCUT2D eigenvalue weighted by molar-refractivity contribution is 5.88. The van der Waals surface area contributed by atoms with Crippen molar-refractivity contribution in [2.75, 3.05) is 6.61 Å². The summed E-state index contributed by atoms with van der Waals surface area (Å²) in [6.45, 7) is 3.58. The second-order valence-corrected chi connectivity index (χ2v) is 12.2. The molecule has 2 saturated heterocycles. The molecule has 0 spiro atoms. The number of phenols is 4. The van der Waals surface area contributed by atoms with Crippen molar-refractivity contribution in [1.82, 2.24) is 0 Å². The molecule has 3 aromatic rings. The van der Waals surface area contributed by atoms with Crippen LogP contribution in [0.1, 0.15) is 27.7 Å². The molecule has 2 fully saturated rings. The number of fused-ring (bicyclic) bond motifs is 1. The number of hydrogen-bond donors (Lipinski definition) is 8. The van der Waals surface area contributed by atoms with Gasteiger partial charge in [0.1, 0.15) is 40.8 Å². The van der Waals surface area contributed by atoms with E-state index >= 15 is 0 Å². The first kappa shape index (κ1) is 39.0. The van der Waals surface area contributed by atoms with Crippen LogP contribution in [0.3, 0.4) is 0 Å². The summed E-state index contributed by atoms with van der Waals surface area (Å²) in [5.41, 5.74) is -1.60. The van der Waals surface area contributed by atoms with Crippen LogP contribution in [0.5, 0.6) is 28.7 Å². The van der Waals surface area contributed by atoms with Gasteiger partial charge in [0.05, 0.1) is 12.7 Å². The Morgan fingerprint density at radius 3 is 2.04 bits per heavy atom. The molecular weight excluding hydrogens is 716 g/mol. The predicted molar refractivity (Wildman–Crippen MR) is 170 cm³/mol. The maximum Gasteiger partial charge on any atom is 0.303 e. The third-order valence-electron chi connectivity index (χ3n) is 8.24. The Balaban J connectivity index is 1.49. The van der Waals surface area contributed by atoms with E-state index in [9.17, 15) is 60.0 Å². The van der Waals surface area contributed by atoms with Gasteiger partial charge in [0.25, 0.3) is 0 Å². The van der Waals surface area contributed by atoms with E-state index in [4.69, 9.17) is 37.6 Å². The number of esters is 3. The molecule has 0 bridgehead atoms. The minimum atomic E-state index is -3.30. The summed E-state index contributed by atoms with van der Waals surface area (Å²) in [6, 6.07) is 4.99. The number of aliphatic hydroxyl groups is 4. The number of phenolic OH excluding ortho intramolecular Hbond substituents is 4. The Morgan fingerprint density at radius 1 is 0.792 bits per heavy atom. The van der Waals surface area contributed by atoms with Crippen LogP contribution in [0.25, 0.3) is 22.3 Å². The van der Waals surface area contributed by atoms with Gasteiger partial charge in [-0.15, -0.1) is 0 Å². The fourth-order valence-corrected chi connectivity index (χ4v) is 5.83. The van der Waals surface area contributed by atoms with Crippen LogP contribution < -0.4 is 10.2 Å². The maximum atomic E-state index is 13.8. The zero-order valence-electron chi connectivity index (χ0n) is 28.3. The Labute approximate surface area is 297 Å². The predicted octanol–water partition coefficient (Wildman–Crippen LogP) is -0.655. The molecule has 3 heterocycles. The van der Waals surface area contributed by atoms with Gasteiger partial charge in [0.2, 0.25) is 23.3 Å². The summed E-state index contributed by atoms with van der Waals surface area (Å²) in [5.74, 6) is -9.66. The molecule has 1 aromatic heterocycles. The standard InChI is InChI=1S/C33H36O20/c1-11-25(48-12(2)34)28(49-13(3)35)29(50-14(4)36)32(47-11)46-10-21-33(44,45)30(43)24(42)31(52-21)53-27-23(41)22-19(40)8-16(37)9-20(22)51-26(27)15-5-6-17(38)18(39)7-15/h5-9,11,21,24-25,28-32,37-40,42-45H,10H2,1-4H3/t11-,21+,24+,25-,28+,29+,30+,31-,32+/m0/s1. The first-order chi connectivity index (χ1) is 24.8. The van der Waals surface area contributed by atoms with Gasteiger partial charge in [0.15, 0.2) is 41.9 Å². The highest BCUT2D eigenvalue weighted by Crippen LogP contribution is 2.40. The largest absolute Gasteiger partial charge is 0.508 e. The van der Waals surface area contributed by atoms with Crippen LogP contribution >= 0.6 is 0 Å². The van der Waals surface area contributed by atoms with Crippen LogP contribution in [-0.2, 0) is 42.8 Å². The van der Waals surface area contributed by atoms with Crippen molar-refractivity contribution in [2.24, 2.45) is 0 Å². The zero-order valence-corrected chi connectivity index (χ0v) is 28.3. The summed E-state index contributed by atoms with van der Waals surface area (Å²) < 4.78 is 44.3. The monoisotopic (exact) mass is 752 g/mol. The van der Waals surface area contributed by atoms with Gasteiger partial charge >= 0.3 is 17.9 Å². The van der Waals surface area contributed by atoms with E-state index in [-0.39, 0.29) is 11.1 Å². The normalized spacial score (nSPS) is 28.2. The van der Waals surface area contributed by atoms with Gasteiger partial charge in [-0.1, -0.05) is 0 Å². The number of carbonyl (C=O) groups is 3. The lowest BCUT2D eigenvalue weighted by Gasteiger charge is -2.46. The third-order valence-corrected chi connectivity index (χ3v) is 8.24. The average Bonchev–Trinajstić information content (AvgIpc) is 3.05. The summed E-state index contributed by atoms with van der Waals surface area (Å²) in [6.07, 6.45) is -16.2.